The number of carbonyl (C=O) groups excluding carboxylic acids is 1. The van der Waals surface area contributed by atoms with Gasteiger partial charge in [-0.2, -0.15) is 18.3 Å². The third-order valence-corrected chi connectivity index (χ3v) is 4.59. The molecule has 142 valence electrons. The van der Waals surface area contributed by atoms with E-state index in [2.05, 4.69) is 10.1 Å². The lowest BCUT2D eigenvalue weighted by molar-refractivity contribution is -0.142. The Balaban J connectivity index is 1.99. The second-order valence-corrected chi connectivity index (χ2v) is 6.31. The SMILES string of the molecule is CCc1cc(C(F)(F)F)n2nc([C@@H]3CCCN3C(=O)CCOC)cc2n1. The number of carbonyl (C=O) groups is 1. The molecule has 0 radical (unpaired) electrons. The van der Waals surface area contributed by atoms with Crippen molar-refractivity contribution in [3.8, 4) is 0 Å². The van der Waals surface area contributed by atoms with Gasteiger partial charge in [0.05, 0.1) is 24.8 Å². The summed E-state index contributed by atoms with van der Waals surface area (Å²) in [6.45, 7) is 2.64. The molecule has 1 aliphatic rings. The lowest BCUT2D eigenvalue weighted by atomic mass is 10.1. The Morgan fingerprint density at radius 1 is 1.38 bits per heavy atom. The number of hydrogen-bond donors (Lipinski definition) is 0. The molecule has 0 aliphatic carbocycles. The summed E-state index contributed by atoms with van der Waals surface area (Å²) in [5.74, 6) is -0.0790. The van der Waals surface area contributed by atoms with Crippen molar-refractivity contribution in [3.05, 3.63) is 29.2 Å². The van der Waals surface area contributed by atoms with E-state index in [9.17, 15) is 18.0 Å². The lowest BCUT2D eigenvalue weighted by Gasteiger charge is -2.23. The fraction of sp³-hybridized carbons (Fsp3) is 0.588. The third kappa shape index (κ3) is 3.53. The number of rotatable bonds is 5. The first kappa shape index (κ1) is 18.6. The van der Waals surface area contributed by atoms with Crippen molar-refractivity contribution in [2.24, 2.45) is 0 Å². The molecule has 9 heteroatoms. The number of methoxy groups -OCH3 is 1. The van der Waals surface area contributed by atoms with Crippen molar-refractivity contribution in [1.82, 2.24) is 19.5 Å². The molecule has 0 bridgehead atoms. The summed E-state index contributed by atoms with van der Waals surface area (Å²) in [6, 6.07) is 2.26. The van der Waals surface area contributed by atoms with Gasteiger partial charge in [-0.3, -0.25) is 4.79 Å². The van der Waals surface area contributed by atoms with Crippen LogP contribution in [0.1, 0.15) is 49.3 Å². The van der Waals surface area contributed by atoms with Crippen molar-refractivity contribution < 1.29 is 22.7 Å². The molecule has 2 aromatic heterocycles. The molecule has 2 aromatic rings. The molecule has 3 heterocycles. The van der Waals surface area contributed by atoms with Crippen LogP contribution < -0.4 is 0 Å². The summed E-state index contributed by atoms with van der Waals surface area (Å²) in [5, 5.41) is 4.16. The third-order valence-electron chi connectivity index (χ3n) is 4.59. The quantitative estimate of drug-likeness (QED) is 0.812. The molecule has 0 saturated carbocycles. The summed E-state index contributed by atoms with van der Waals surface area (Å²) < 4.78 is 46.0. The topological polar surface area (TPSA) is 59.7 Å². The van der Waals surface area contributed by atoms with Crippen LogP contribution in [0.15, 0.2) is 12.1 Å². The van der Waals surface area contributed by atoms with Crippen LogP contribution in [0, 0.1) is 0 Å². The van der Waals surface area contributed by atoms with Crippen LogP contribution in [0.5, 0.6) is 0 Å². The highest BCUT2D eigenvalue weighted by Gasteiger charge is 2.37. The molecule has 1 fully saturated rings. The fourth-order valence-electron chi connectivity index (χ4n) is 3.30. The number of halogens is 3. The first-order valence-corrected chi connectivity index (χ1v) is 8.60. The van der Waals surface area contributed by atoms with E-state index in [1.54, 1.807) is 17.9 Å². The second kappa shape index (κ2) is 7.22. The monoisotopic (exact) mass is 370 g/mol. The molecule has 3 rings (SSSR count). The van der Waals surface area contributed by atoms with Crippen molar-refractivity contribution in [3.63, 3.8) is 0 Å². The Bertz CT molecular complexity index is 803. The summed E-state index contributed by atoms with van der Waals surface area (Å²) >= 11 is 0. The van der Waals surface area contributed by atoms with Gasteiger partial charge in [0.2, 0.25) is 5.91 Å². The van der Waals surface area contributed by atoms with Crippen molar-refractivity contribution in [1.29, 1.82) is 0 Å². The van der Waals surface area contributed by atoms with Gasteiger partial charge in [-0.05, 0) is 25.3 Å². The Hall–Kier alpha value is -2.16. The number of hydrogen-bond acceptors (Lipinski definition) is 4. The number of likely N-dealkylation sites (tertiary alicyclic amines) is 1. The standard InChI is InChI=1S/C17H21F3N4O2/c1-3-11-9-14(17(18,19)20)24-15(21-11)10-12(22-24)13-5-4-7-23(13)16(25)6-8-26-2/h9-10,13H,3-8H2,1-2H3/t13-/m0/s1. The molecule has 26 heavy (non-hydrogen) atoms. The minimum Gasteiger partial charge on any atom is -0.384 e. The van der Waals surface area contributed by atoms with E-state index in [4.69, 9.17) is 4.74 Å². The Kier molecular flexibility index (Phi) is 5.17. The minimum absolute atomic E-state index is 0.0790. The number of alkyl halides is 3. The van der Waals surface area contributed by atoms with Crippen LogP contribution in [0.2, 0.25) is 0 Å². The number of amides is 1. The Morgan fingerprint density at radius 3 is 2.81 bits per heavy atom. The zero-order valence-electron chi connectivity index (χ0n) is 14.7. The Labute approximate surface area is 148 Å². The number of nitrogens with zero attached hydrogens (tertiary/aromatic N) is 4. The smallest absolute Gasteiger partial charge is 0.384 e. The van der Waals surface area contributed by atoms with Crippen LogP contribution >= 0.6 is 0 Å². The van der Waals surface area contributed by atoms with Gasteiger partial charge >= 0.3 is 6.18 Å². The predicted molar refractivity (Wildman–Crippen MR) is 87.5 cm³/mol. The first-order valence-electron chi connectivity index (χ1n) is 8.60. The molecule has 0 aromatic carbocycles. The highest BCUT2D eigenvalue weighted by molar-refractivity contribution is 5.77. The van der Waals surface area contributed by atoms with Crippen LogP contribution in [-0.4, -0.2) is 45.7 Å². The van der Waals surface area contributed by atoms with Gasteiger partial charge in [0.15, 0.2) is 5.65 Å². The largest absolute Gasteiger partial charge is 0.433 e. The normalized spacial score (nSPS) is 18.0. The van der Waals surface area contributed by atoms with Crippen molar-refractivity contribution in [2.75, 3.05) is 20.3 Å². The molecule has 0 N–H and O–H groups in total. The van der Waals surface area contributed by atoms with Gasteiger partial charge < -0.3 is 9.64 Å². The van der Waals surface area contributed by atoms with Gasteiger partial charge in [0.25, 0.3) is 0 Å². The molecular formula is C17H21F3N4O2. The molecular weight excluding hydrogens is 349 g/mol. The molecule has 0 unspecified atom stereocenters. The van der Waals surface area contributed by atoms with Gasteiger partial charge in [-0.1, -0.05) is 6.92 Å². The van der Waals surface area contributed by atoms with Gasteiger partial charge in [0.1, 0.15) is 5.69 Å². The minimum atomic E-state index is -4.53. The zero-order valence-corrected chi connectivity index (χ0v) is 14.7. The first-order chi connectivity index (χ1) is 12.3. The van der Waals surface area contributed by atoms with E-state index in [1.165, 1.54) is 7.11 Å². The second-order valence-electron chi connectivity index (χ2n) is 6.31. The van der Waals surface area contributed by atoms with Crippen LogP contribution in [0.3, 0.4) is 0 Å². The number of ether oxygens (including phenoxy) is 1. The lowest BCUT2D eigenvalue weighted by Crippen LogP contribution is -2.31. The van der Waals surface area contributed by atoms with E-state index in [1.807, 2.05) is 0 Å². The molecule has 0 spiro atoms. The highest BCUT2D eigenvalue weighted by atomic mass is 19.4. The summed E-state index contributed by atoms with van der Waals surface area (Å²) in [5.41, 5.74) is 0.110. The van der Waals surface area contributed by atoms with Crippen molar-refractivity contribution >= 4 is 11.6 Å². The highest BCUT2D eigenvalue weighted by Crippen LogP contribution is 2.34. The maximum atomic E-state index is 13.4. The van der Waals surface area contributed by atoms with E-state index < -0.39 is 11.9 Å². The van der Waals surface area contributed by atoms with Crippen LogP contribution in [0.4, 0.5) is 13.2 Å². The molecule has 1 atom stereocenters. The number of aryl methyl sites for hydroxylation is 1. The summed E-state index contributed by atoms with van der Waals surface area (Å²) in [7, 11) is 1.52. The Morgan fingerprint density at radius 2 is 2.15 bits per heavy atom. The van der Waals surface area contributed by atoms with Gasteiger partial charge in [0, 0.05) is 25.4 Å². The summed E-state index contributed by atoms with van der Waals surface area (Å²) in [4.78, 5) is 18.3. The van der Waals surface area contributed by atoms with E-state index in [-0.39, 0.29) is 24.0 Å². The van der Waals surface area contributed by atoms with Crippen LogP contribution in [0.25, 0.3) is 5.65 Å². The van der Waals surface area contributed by atoms with E-state index in [0.717, 1.165) is 17.0 Å². The van der Waals surface area contributed by atoms with Crippen LogP contribution in [-0.2, 0) is 22.1 Å². The van der Waals surface area contributed by atoms with Crippen molar-refractivity contribution in [2.45, 2.75) is 44.8 Å². The molecule has 6 nitrogen and oxygen atoms in total. The average Bonchev–Trinajstić information content (AvgIpc) is 3.23. The zero-order chi connectivity index (χ0) is 18.9. The maximum Gasteiger partial charge on any atom is 0.433 e. The predicted octanol–water partition coefficient (Wildman–Crippen LogP) is 3.01. The average molecular weight is 370 g/mol. The molecule has 1 saturated heterocycles. The number of fused-ring (bicyclic) bond motifs is 1. The van der Waals surface area contributed by atoms with Gasteiger partial charge in [-0.25, -0.2) is 9.50 Å². The maximum absolute atomic E-state index is 13.4. The number of aromatic nitrogens is 3. The molecule has 1 aliphatic heterocycles. The van der Waals surface area contributed by atoms with E-state index >= 15 is 0 Å². The fourth-order valence-corrected chi connectivity index (χ4v) is 3.30. The van der Waals surface area contributed by atoms with E-state index in [0.29, 0.717) is 37.4 Å². The van der Waals surface area contributed by atoms with Gasteiger partial charge in [-0.15, -0.1) is 0 Å². The summed E-state index contributed by atoms with van der Waals surface area (Å²) in [6.07, 6.45) is -2.43. The molecule has 1 amide bonds.